The van der Waals surface area contributed by atoms with E-state index in [0.717, 1.165) is 11.1 Å². The van der Waals surface area contributed by atoms with Crippen LogP contribution < -0.4 is 5.73 Å². The van der Waals surface area contributed by atoms with Gasteiger partial charge in [-0.05, 0) is 36.2 Å². The highest BCUT2D eigenvalue weighted by atomic mass is 35.5. The molecule has 0 aliphatic heterocycles. The minimum absolute atomic E-state index is 0.0199. The molecule has 1 atom stereocenters. The second kappa shape index (κ2) is 6.33. The minimum atomic E-state index is -0.256. The van der Waals surface area contributed by atoms with Crippen LogP contribution in [0.15, 0.2) is 36.7 Å². The summed E-state index contributed by atoms with van der Waals surface area (Å²) in [7, 11) is 0. The number of pyridine rings is 1. The van der Waals surface area contributed by atoms with Gasteiger partial charge >= 0.3 is 0 Å². The van der Waals surface area contributed by atoms with E-state index in [1.165, 1.54) is 12.1 Å². The monoisotopic (exact) mass is 298 g/mol. The van der Waals surface area contributed by atoms with Crippen molar-refractivity contribution in [2.75, 3.05) is 6.54 Å². The fraction of sp³-hybridized carbons (Fsp3) is 0.214. The van der Waals surface area contributed by atoms with Crippen molar-refractivity contribution in [2.45, 2.75) is 12.3 Å². The fourth-order valence-corrected chi connectivity index (χ4v) is 2.69. The van der Waals surface area contributed by atoms with Crippen LogP contribution in [0.2, 0.25) is 10.0 Å². The largest absolute Gasteiger partial charge is 0.330 e. The summed E-state index contributed by atoms with van der Waals surface area (Å²) < 4.78 is 12.9. The van der Waals surface area contributed by atoms with Crippen LogP contribution in [0.5, 0.6) is 0 Å². The highest BCUT2D eigenvalue weighted by Crippen LogP contribution is 2.32. The second-order valence-corrected chi connectivity index (χ2v) is 5.09. The van der Waals surface area contributed by atoms with Crippen molar-refractivity contribution < 1.29 is 4.39 Å². The van der Waals surface area contributed by atoms with E-state index in [0.29, 0.717) is 23.0 Å². The van der Waals surface area contributed by atoms with E-state index in [1.807, 2.05) is 0 Å². The Morgan fingerprint density at radius 1 is 1.11 bits per heavy atom. The predicted molar refractivity (Wildman–Crippen MR) is 76.2 cm³/mol. The third kappa shape index (κ3) is 3.44. The normalized spacial score (nSPS) is 12.4. The second-order valence-electron chi connectivity index (χ2n) is 4.28. The van der Waals surface area contributed by atoms with Crippen LogP contribution in [0.1, 0.15) is 17.0 Å². The molecule has 0 amide bonds. The Balaban J connectivity index is 2.27. The predicted octanol–water partition coefficient (Wildman–Crippen LogP) is 3.81. The third-order valence-electron chi connectivity index (χ3n) is 2.98. The Labute approximate surface area is 121 Å². The number of aromatic nitrogens is 1. The molecule has 0 bridgehead atoms. The van der Waals surface area contributed by atoms with Crippen molar-refractivity contribution in [2.24, 2.45) is 5.73 Å². The summed E-state index contributed by atoms with van der Waals surface area (Å²) >= 11 is 12.3. The molecular weight excluding hydrogens is 286 g/mol. The number of halogens is 3. The summed E-state index contributed by atoms with van der Waals surface area (Å²) in [5.41, 5.74) is 7.59. The fourth-order valence-electron chi connectivity index (χ4n) is 2.02. The molecule has 2 N–H and O–H groups in total. The number of nitrogens with two attached hydrogens (primary N) is 1. The molecular formula is C14H13Cl2FN2. The molecule has 0 spiro atoms. The summed E-state index contributed by atoms with van der Waals surface area (Å²) in [6.45, 7) is 0.404. The molecule has 0 saturated carbocycles. The smallest absolute Gasteiger partial charge is 0.123 e. The molecule has 2 rings (SSSR count). The van der Waals surface area contributed by atoms with Crippen LogP contribution >= 0.6 is 23.2 Å². The first-order valence-corrected chi connectivity index (χ1v) is 6.60. The van der Waals surface area contributed by atoms with Crippen molar-refractivity contribution in [3.63, 3.8) is 0 Å². The Bertz CT molecular complexity index is 538. The molecule has 0 radical (unpaired) electrons. The van der Waals surface area contributed by atoms with Crippen LogP contribution in [0.25, 0.3) is 0 Å². The van der Waals surface area contributed by atoms with E-state index in [2.05, 4.69) is 4.98 Å². The average molecular weight is 299 g/mol. The first-order chi connectivity index (χ1) is 9.11. The van der Waals surface area contributed by atoms with Gasteiger partial charge in [0.1, 0.15) is 5.82 Å². The lowest BCUT2D eigenvalue weighted by atomic mass is 9.92. The molecule has 1 heterocycles. The Morgan fingerprint density at radius 2 is 1.68 bits per heavy atom. The first-order valence-electron chi connectivity index (χ1n) is 5.85. The lowest BCUT2D eigenvalue weighted by Gasteiger charge is -2.18. The van der Waals surface area contributed by atoms with Crippen LogP contribution in [0, 0.1) is 5.82 Å². The molecule has 19 heavy (non-hydrogen) atoms. The summed E-state index contributed by atoms with van der Waals surface area (Å²) in [5.74, 6) is -0.276. The maximum absolute atomic E-state index is 12.9. The number of hydrogen-bond donors (Lipinski definition) is 1. The van der Waals surface area contributed by atoms with E-state index < -0.39 is 0 Å². The van der Waals surface area contributed by atoms with Crippen molar-refractivity contribution in [3.8, 4) is 0 Å². The van der Waals surface area contributed by atoms with Gasteiger partial charge in [-0.15, -0.1) is 0 Å². The molecule has 0 aliphatic carbocycles. The molecule has 0 aliphatic rings. The van der Waals surface area contributed by atoms with Gasteiger partial charge in [-0.25, -0.2) is 4.39 Å². The van der Waals surface area contributed by atoms with Gasteiger partial charge in [0.25, 0.3) is 0 Å². The third-order valence-corrected chi connectivity index (χ3v) is 3.58. The summed E-state index contributed by atoms with van der Waals surface area (Å²) in [6.07, 6.45) is 3.76. The maximum atomic E-state index is 12.9. The Hall–Kier alpha value is -1.16. The Morgan fingerprint density at radius 3 is 2.21 bits per heavy atom. The molecule has 1 aromatic heterocycles. The summed E-state index contributed by atoms with van der Waals surface area (Å²) in [4.78, 5) is 3.93. The van der Waals surface area contributed by atoms with Crippen molar-refractivity contribution >= 4 is 23.2 Å². The van der Waals surface area contributed by atoms with Crippen molar-refractivity contribution in [3.05, 3.63) is 63.6 Å². The summed E-state index contributed by atoms with van der Waals surface area (Å²) in [6, 6.07) is 6.33. The molecule has 0 saturated heterocycles. The van der Waals surface area contributed by atoms with Crippen LogP contribution in [-0.4, -0.2) is 11.5 Å². The molecule has 0 fully saturated rings. The number of nitrogens with zero attached hydrogens (tertiary/aromatic N) is 1. The zero-order valence-corrected chi connectivity index (χ0v) is 11.6. The SMILES string of the molecule is NCC(Cc1ccc(F)cc1)c1c(Cl)cncc1Cl. The zero-order valence-electron chi connectivity index (χ0n) is 10.1. The maximum Gasteiger partial charge on any atom is 0.123 e. The van der Waals surface area contributed by atoms with Crippen LogP contribution in [0.4, 0.5) is 4.39 Å². The van der Waals surface area contributed by atoms with Gasteiger partial charge in [0.05, 0.1) is 10.0 Å². The Kier molecular flexibility index (Phi) is 4.75. The van der Waals surface area contributed by atoms with Crippen molar-refractivity contribution in [1.29, 1.82) is 0 Å². The van der Waals surface area contributed by atoms with E-state index in [4.69, 9.17) is 28.9 Å². The summed E-state index contributed by atoms with van der Waals surface area (Å²) in [5, 5.41) is 1.01. The van der Waals surface area contributed by atoms with Gasteiger partial charge < -0.3 is 5.73 Å². The van der Waals surface area contributed by atoms with E-state index in [-0.39, 0.29) is 11.7 Å². The number of rotatable bonds is 4. The minimum Gasteiger partial charge on any atom is -0.330 e. The van der Waals surface area contributed by atoms with E-state index >= 15 is 0 Å². The van der Waals surface area contributed by atoms with E-state index in [1.54, 1.807) is 24.5 Å². The highest BCUT2D eigenvalue weighted by molar-refractivity contribution is 6.35. The van der Waals surface area contributed by atoms with Crippen LogP contribution in [-0.2, 0) is 6.42 Å². The van der Waals surface area contributed by atoms with Gasteiger partial charge in [-0.2, -0.15) is 0 Å². The topological polar surface area (TPSA) is 38.9 Å². The molecule has 100 valence electrons. The molecule has 5 heteroatoms. The number of benzene rings is 1. The van der Waals surface area contributed by atoms with Gasteiger partial charge in [0.15, 0.2) is 0 Å². The molecule has 1 unspecified atom stereocenters. The van der Waals surface area contributed by atoms with Gasteiger partial charge in [-0.3, -0.25) is 4.98 Å². The van der Waals surface area contributed by atoms with Crippen molar-refractivity contribution in [1.82, 2.24) is 4.98 Å². The molecule has 2 aromatic rings. The standard InChI is InChI=1S/C14H13Cl2FN2/c15-12-7-19-8-13(16)14(12)10(6-18)5-9-1-3-11(17)4-2-9/h1-4,7-8,10H,5-6,18H2. The highest BCUT2D eigenvalue weighted by Gasteiger charge is 2.17. The van der Waals surface area contributed by atoms with Crippen LogP contribution in [0.3, 0.4) is 0 Å². The van der Waals surface area contributed by atoms with Gasteiger partial charge in [-0.1, -0.05) is 35.3 Å². The molecule has 2 nitrogen and oxygen atoms in total. The van der Waals surface area contributed by atoms with Gasteiger partial charge in [0.2, 0.25) is 0 Å². The first kappa shape index (κ1) is 14.3. The lowest BCUT2D eigenvalue weighted by Crippen LogP contribution is -2.16. The van der Waals surface area contributed by atoms with E-state index in [9.17, 15) is 4.39 Å². The lowest BCUT2D eigenvalue weighted by molar-refractivity contribution is 0.625. The zero-order chi connectivity index (χ0) is 13.8. The quantitative estimate of drug-likeness (QED) is 0.932. The van der Waals surface area contributed by atoms with Gasteiger partial charge in [0, 0.05) is 18.3 Å². The number of hydrogen-bond acceptors (Lipinski definition) is 2. The molecule has 1 aromatic carbocycles. The average Bonchev–Trinajstić information content (AvgIpc) is 2.39.